The third-order valence-electron chi connectivity index (χ3n) is 17.1. The summed E-state index contributed by atoms with van der Waals surface area (Å²) in [4.78, 5) is 75.1. The van der Waals surface area contributed by atoms with Crippen LogP contribution >= 0.6 is 11.6 Å². The van der Waals surface area contributed by atoms with Gasteiger partial charge in [-0.05, 0) is 108 Å². The molecule has 3 heterocycles. The Morgan fingerprint density at radius 1 is 0.892 bits per heavy atom. The van der Waals surface area contributed by atoms with Crippen LogP contribution in [0.3, 0.4) is 0 Å². The summed E-state index contributed by atoms with van der Waals surface area (Å²) in [6.45, 7) is 16.4. The zero-order chi connectivity index (χ0) is 61.1. The second kappa shape index (κ2) is 29.8. The van der Waals surface area contributed by atoms with Crippen LogP contribution < -0.4 is 21.3 Å². The van der Waals surface area contributed by atoms with Crippen molar-refractivity contribution in [2.75, 3.05) is 40.1 Å². The van der Waals surface area contributed by atoms with E-state index >= 15 is 4.79 Å². The summed E-state index contributed by atoms with van der Waals surface area (Å²) in [7, 11) is 6.91. The summed E-state index contributed by atoms with van der Waals surface area (Å²) in [5.41, 5.74) is -0.140. The molecule has 6 rings (SSSR count). The highest BCUT2D eigenvalue weighted by Crippen LogP contribution is 2.39. The molecule has 3 aromatic rings. The van der Waals surface area contributed by atoms with E-state index in [-0.39, 0.29) is 74.9 Å². The van der Waals surface area contributed by atoms with Crippen molar-refractivity contribution in [1.29, 1.82) is 0 Å². The van der Waals surface area contributed by atoms with Gasteiger partial charge < -0.3 is 70.1 Å². The van der Waals surface area contributed by atoms with Crippen molar-refractivity contribution in [3.8, 4) is 0 Å². The van der Waals surface area contributed by atoms with Crippen LogP contribution in [0.4, 0.5) is 5.69 Å². The molecule has 5 amide bonds. The number of likely N-dealkylation sites (N-methyl/N-ethyl adjacent to an activating group) is 1. The van der Waals surface area contributed by atoms with Crippen molar-refractivity contribution in [1.82, 2.24) is 25.8 Å². The van der Waals surface area contributed by atoms with Gasteiger partial charge in [-0.2, -0.15) is 0 Å². The standard InChI is InChI=1S/C63H93ClN6O13/c1-14-37(3)53-60(77)66-46(29-43-24-26-45(27-25-43)65-59(76)48(31-44-22-18-19-23-47(44)64)67-50(71)30-42-20-16-15-17-21-42)32-51(72)70(12)35-36(2)33-62(8,78)57(83-61-54(73)49(69(10)11)28-38(4)80-61)39(5)55(40(6)58(75)68-53)82-52-34-63(9,79-13)56(74)41(7)81-52/h15-27,36-41,46,48-49,52-57,61,73-74,78H,14,28-35H2,1-13H3,(H,65,76)(H,66,77)(H,67,71)(H,68,75)/t36-,37+,38-,39+,40-,41+,46-,48+,49+,52+,53+,54-,55+,56+,57-,61+,62-,63-/m1/s1. The molecule has 0 saturated carbocycles. The van der Waals surface area contributed by atoms with E-state index in [4.69, 9.17) is 35.3 Å². The Kier molecular flexibility index (Phi) is 24.1. The summed E-state index contributed by atoms with van der Waals surface area (Å²) in [5.74, 6) is -4.74. The van der Waals surface area contributed by atoms with Crippen molar-refractivity contribution in [3.05, 3.63) is 101 Å². The lowest BCUT2D eigenvalue weighted by molar-refractivity contribution is -0.317. The Morgan fingerprint density at radius 2 is 1.55 bits per heavy atom. The number of nitrogens with zero attached hydrogens (tertiary/aromatic N) is 2. The molecule has 83 heavy (non-hydrogen) atoms. The lowest BCUT2D eigenvalue weighted by Crippen LogP contribution is -2.61. The number of ether oxygens (including phenoxy) is 5. The normalized spacial score (nSPS) is 33.3. The molecule has 0 spiro atoms. The summed E-state index contributed by atoms with van der Waals surface area (Å²) >= 11 is 6.52. The number of aliphatic hydroxyl groups is 3. The molecule has 18 atom stereocenters. The maximum atomic E-state index is 15.0. The Labute approximate surface area is 496 Å². The number of amides is 5. The molecule has 0 unspecified atom stereocenters. The van der Waals surface area contributed by atoms with Gasteiger partial charge in [0.05, 0.1) is 48.0 Å². The van der Waals surface area contributed by atoms with Crippen molar-refractivity contribution in [2.45, 2.75) is 198 Å². The third kappa shape index (κ3) is 18.0. The molecule has 3 aromatic carbocycles. The maximum absolute atomic E-state index is 15.0. The number of aliphatic hydroxyl groups excluding tert-OH is 2. The minimum absolute atomic E-state index is 0.0750. The van der Waals surface area contributed by atoms with Crippen LogP contribution in [0.5, 0.6) is 0 Å². The highest BCUT2D eigenvalue weighted by atomic mass is 35.5. The summed E-state index contributed by atoms with van der Waals surface area (Å²) < 4.78 is 32.2. The topological polar surface area (TPSA) is 247 Å². The van der Waals surface area contributed by atoms with Crippen molar-refractivity contribution in [3.63, 3.8) is 0 Å². The Hall–Kier alpha value is -5.06. The Balaban J connectivity index is 1.30. The van der Waals surface area contributed by atoms with Gasteiger partial charge in [-0.15, -0.1) is 0 Å². The van der Waals surface area contributed by atoms with Gasteiger partial charge in [0.2, 0.25) is 29.5 Å². The van der Waals surface area contributed by atoms with Crippen LogP contribution in [0, 0.1) is 23.7 Å². The largest absolute Gasteiger partial charge is 0.387 e. The van der Waals surface area contributed by atoms with Crippen molar-refractivity contribution < 1.29 is 63.0 Å². The van der Waals surface area contributed by atoms with E-state index in [1.54, 1.807) is 89.0 Å². The lowest BCUT2D eigenvalue weighted by Gasteiger charge is -2.49. The zero-order valence-corrected chi connectivity index (χ0v) is 51.6. The molecule has 3 aliphatic heterocycles. The van der Waals surface area contributed by atoms with Crippen LogP contribution in [-0.4, -0.2) is 174 Å². The minimum Gasteiger partial charge on any atom is -0.387 e. The average molecular weight is 1180 g/mol. The molecular formula is C63H93ClN6O13. The van der Waals surface area contributed by atoms with E-state index in [9.17, 15) is 34.5 Å². The second-order valence-corrected chi connectivity index (χ2v) is 24.9. The molecule has 0 aromatic heterocycles. The molecule has 460 valence electrons. The van der Waals surface area contributed by atoms with Crippen LogP contribution in [0.2, 0.25) is 5.02 Å². The van der Waals surface area contributed by atoms with E-state index in [0.717, 1.165) is 11.1 Å². The van der Waals surface area contributed by atoms with Gasteiger partial charge in [0, 0.05) is 68.7 Å². The summed E-state index contributed by atoms with van der Waals surface area (Å²) in [5, 5.41) is 48.4. The maximum Gasteiger partial charge on any atom is 0.247 e. The molecule has 3 fully saturated rings. The first-order valence-electron chi connectivity index (χ1n) is 29.4. The quantitative estimate of drug-likeness (QED) is 0.0843. The van der Waals surface area contributed by atoms with Gasteiger partial charge in [0.15, 0.2) is 12.6 Å². The van der Waals surface area contributed by atoms with Gasteiger partial charge in [-0.1, -0.05) is 113 Å². The highest BCUT2D eigenvalue weighted by molar-refractivity contribution is 6.31. The van der Waals surface area contributed by atoms with E-state index in [1.165, 1.54) is 7.11 Å². The highest BCUT2D eigenvalue weighted by Gasteiger charge is 2.51. The fourth-order valence-electron chi connectivity index (χ4n) is 12.1. The smallest absolute Gasteiger partial charge is 0.247 e. The van der Waals surface area contributed by atoms with Crippen molar-refractivity contribution >= 4 is 46.8 Å². The van der Waals surface area contributed by atoms with Gasteiger partial charge in [-0.25, -0.2) is 0 Å². The Bertz CT molecular complexity index is 2620. The van der Waals surface area contributed by atoms with Gasteiger partial charge in [0.25, 0.3) is 0 Å². The fraction of sp³-hybridized carbons (Fsp3) is 0.635. The molecule has 3 aliphatic rings. The van der Waals surface area contributed by atoms with E-state index in [0.29, 0.717) is 29.1 Å². The monoisotopic (exact) mass is 1180 g/mol. The van der Waals surface area contributed by atoms with E-state index < -0.39 is 108 Å². The number of anilines is 1. The third-order valence-corrected chi connectivity index (χ3v) is 17.5. The first-order chi connectivity index (χ1) is 39.1. The molecule has 19 nitrogen and oxygen atoms in total. The zero-order valence-electron chi connectivity index (χ0n) is 50.8. The van der Waals surface area contributed by atoms with Crippen LogP contribution in [-0.2, 0) is 66.9 Å². The summed E-state index contributed by atoms with van der Waals surface area (Å²) in [6.07, 6.45) is -6.20. The average Bonchev–Trinajstić information content (AvgIpc) is 3.53. The lowest BCUT2D eigenvalue weighted by atomic mass is 9.77. The first kappa shape index (κ1) is 67.1. The molecule has 7 N–H and O–H groups in total. The molecule has 0 bridgehead atoms. The molecule has 20 heteroatoms. The number of rotatable bonds is 17. The molecule has 0 radical (unpaired) electrons. The van der Waals surface area contributed by atoms with E-state index in [1.807, 2.05) is 83.1 Å². The number of benzene rings is 3. The molecule has 3 saturated heterocycles. The SMILES string of the molecule is CC[C@H](C)[C@@H]1NC(=O)[C@H](C)[C@@H](O[C@H]2C[C@@](C)(OC)[C@@H](O)[C@H](C)O2)[C@H](C)[C@@H](O[C@@H]2O[C@H](C)C[C@H](N(C)C)[C@H]2O)[C@](C)(O)C[C@@H](C)CN(C)C(=O)C[C@@H](Cc2ccc(NC(=O)[C@H](Cc3ccccc3Cl)NC(=O)Cc3ccccc3)cc2)NC1=O. The predicted octanol–water partition coefficient (Wildman–Crippen LogP) is 5.82. The number of hydrogen-bond donors (Lipinski definition) is 7. The number of nitrogens with one attached hydrogen (secondary N) is 4. The first-order valence-corrected chi connectivity index (χ1v) is 29.7. The minimum atomic E-state index is -1.71. The van der Waals surface area contributed by atoms with Crippen LogP contribution in [0.1, 0.15) is 111 Å². The number of carbonyl (C=O) groups excluding carboxylic acids is 5. The van der Waals surface area contributed by atoms with Crippen LogP contribution in [0.15, 0.2) is 78.9 Å². The summed E-state index contributed by atoms with van der Waals surface area (Å²) in [6, 6.07) is 20.2. The van der Waals surface area contributed by atoms with Crippen LogP contribution in [0.25, 0.3) is 0 Å². The number of hydrogen-bond acceptors (Lipinski definition) is 14. The van der Waals surface area contributed by atoms with Gasteiger partial charge in [0.1, 0.15) is 24.3 Å². The van der Waals surface area contributed by atoms with Gasteiger partial charge in [-0.3, -0.25) is 24.0 Å². The molecule has 0 aliphatic carbocycles. The van der Waals surface area contributed by atoms with E-state index in [2.05, 4.69) is 21.3 Å². The second-order valence-electron chi connectivity index (χ2n) is 24.5. The number of methoxy groups -OCH3 is 1. The molecular weight excluding hydrogens is 1080 g/mol. The fourth-order valence-corrected chi connectivity index (χ4v) is 12.3. The predicted molar refractivity (Wildman–Crippen MR) is 317 cm³/mol. The van der Waals surface area contributed by atoms with Crippen molar-refractivity contribution in [2.24, 2.45) is 23.7 Å². The number of carbonyl (C=O) groups is 5. The van der Waals surface area contributed by atoms with Gasteiger partial charge >= 0.3 is 0 Å². The Morgan fingerprint density at radius 3 is 2.19 bits per heavy atom. The number of halogens is 1.